The lowest BCUT2D eigenvalue weighted by Crippen LogP contribution is -2.11. The molecule has 35 heavy (non-hydrogen) atoms. The highest BCUT2D eigenvalue weighted by molar-refractivity contribution is 7.99. The summed E-state index contributed by atoms with van der Waals surface area (Å²) in [6.45, 7) is 6.77. The Balaban J connectivity index is 1.52. The molecule has 1 aromatic heterocycles. The lowest BCUT2D eigenvalue weighted by molar-refractivity contribution is 0.102. The van der Waals surface area contributed by atoms with Crippen LogP contribution in [0, 0.1) is 0 Å². The highest BCUT2D eigenvalue weighted by atomic mass is 35.5. The van der Waals surface area contributed by atoms with Crippen LogP contribution in [0.2, 0.25) is 10.0 Å². The number of carbonyl (C=O) groups excluding carboxylic acids is 1. The molecule has 0 bridgehead atoms. The number of hydrogen-bond acceptors (Lipinski definition) is 5. The highest BCUT2D eigenvalue weighted by Crippen LogP contribution is 2.27. The van der Waals surface area contributed by atoms with E-state index in [1.807, 2.05) is 47.0 Å². The van der Waals surface area contributed by atoms with Crippen molar-refractivity contribution >= 4 is 40.7 Å². The SMILES string of the molecule is CC(C)(C)c1ccc(OCc2nnc(SCC(=O)c3ccc(Cl)c(Cl)c3)n2-c2ccccc2)cc1. The van der Waals surface area contributed by atoms with Gasteiger partial charge in [-0.05, 0) is 53.4 Å². The molecular formula is C27H25Cl2N3O2S. The third-order valence-corrected chi connectivity index (χ3v) is 7.04. The summed E-state index contributed by atoms with van der Waals surface area (Å²) < 4.78 is 7.94. The van der Waals surface area contributed by atoms with Crippen LogP contribution < -0.4 is 4.74 Å². The number of nitrogens with zero attached hydrogens (tertiary/aromatic N) is 3. The monoisotopic (exact) mass is 525 g/mol. The summed E-state index contributed by atoms with van der Waals surface area (Å²) in [6, 6.07) is 22.7. The van der Waals surface area contributed by atoms with Crippen LogP contribution in [0.5, 0.6) is 5.75 Å². The highest BCUT2D eigenvalue weighted by Gasteiger charge is 2.18. The van der Waals surface area contributed by atoms with Gasteiger partial charge < -0.3 is 4.74 Å². The van der Waals surface area contributed by atoms with Crippen LogP contribution in [-0.4, -0.2) is 26.3 Å². The first-order chi connectivity index (χ1) is 16.7. The standard InChI is InChI=1S/C27H25Cl2N3O2S/c1-27(2,3)19-10-12-21(13-11-19)34-16-25-30-31-26(32(25)20-7-5-4-6-8-20)35-17-24(33)18-9-14-22(28)23(29)15-18/h4-15H,16-17H2,1-3H3. The molecule has 4 rings (SSSR count). The first kappa shape index (κ1) is 25.3. The molecule has 1 heterocycles. The Morgan fingerprint density at radius 3 is 2.31 bits per heavy atom. The number of hydrogen-bond donors (Lipinski definition) is 0. The van der Waals surface area contributed by atoms with Gasteiger partial charge in [-0.2, -0.15) is 0 Å². The number of rotatable bonds is 8. The van der Waals surface area contributed by atoms with Crippen molar-refractivity contribution in [3.8, 4) is 11.4 Å². The molecule has 0 radical (unpaired) electrons. The van der Waals surface area contributed by atoms with Gasteiger partial charge in [0.15, 0.2) is 16.8 Å². The van der Waals surface area contributed by atoms with Crippen LogP contribution in [0.1, 0.15) is 42.5 Å². The van der Waals surface area contributed by atoms with Crippen molar-refractivity contribution in [2.75, 3.05) is 5.75 Å². The molecule has 0 fully saturated rings. The average Bonchev–Trinajstić information content (AvgIpc) is 3.26. The van der Waals surface area contributed by atoms with Gasteiger partial charge in [-0.15, -0.1) is 10.2 Å². The van der Waals surface area contributed by atoms with Gasteiger partial charge >= 0.3 is 0 Å². The lowest BCUT2D eigenvalue weighted by atomic mass is 9.87. The fraction of sp³-hybridized carbons (Fsp3) is 0.222. The van der Waals surface area contributed by atoms with Crippen molar-refractivity contribution in [2.24, 2.45) is 0 Å². The Morgan fingerprint density at radius 2 is 1.66 bits per heavy atom. The van der Waals surface area contributed by atoms with Gasteiger partial charge in [0.2, 0.25) is 0 Å². The molecule has 5 nitrogen and oxygen atoms in total. The first-order valence-corrected chi connectivity index (χ1v) is 12.8. The van der Waals surface area contributed by atoms with E-state index in [4.69, 9.17) is 27.9 Å². The summed E-state index contributed by atoms with van der Waals surface area (Å²) in [5, 5.41) is 10.1. The Hall–Kier alpha value is -2.80. The Kier molecular flexibility index (Phi) is 7.85. The van der Waals surface area contributed by atoms with Crippen molar-refractivity contribution in [2.45, 2.75) is 37.9 Å². The van der Waals surface area contributed by atoms with Crippen molar-refractivity contribution in [3.05, 3.63) is 99.8 Å². The lowest BCUT2D eigenvalue weighted by Gasteiger charge is -2.19. The molecule has 3 aromatic carbocycles. The maximum atomic E-state index is 12.7. The maximum absolute atomic E-state index is 12.7. The molecule has 0 unspecified atom stereocenters. The molecule has 180 valence electrons. The summed E-state index contributed by atoms with van der Waals surface area (Å²) in [5.41, 5.74) is 2.71. The minimum atomic E-state index is -0.0760. The van der Waals surface area contributed by atoms with E-state index >= 15 is 0 Å². The van der Waals surface area contributed by atoms with Gasteiger partial charge in [0.25, 0.3) is 0 Å². The second-order valence-corrected chi connectivity index (χ2v) is 10.7. The molecule has 0 spiro atoms. The molecule has 0 saturated carbocycles. The second kappa shape index (κ2) is 10.9. The van der Waals surface area contributed by atoms with Gasteiger partial charge in [0, 0.05) is 11.3 Å². The number of aromatic nitrogens is 3. The van der Waals surface area contributed by atoms with Crippen LogP contribution in [0.3, 0.4) is 0 Å². The molecule has 0 atom stereocenters. The zero-order valence-electron chi connectivity index (χ0n) is 19.7. The Morgan fingerprint density at radius 1 is 0.943 bits per heavy atom. The molecule has 0 aliphatic heterocycles. The van der Waals surface area contributed by atoms with Crippen LogP contribution in [0.25, 0.3) is 5.69 Å². The van der Waals surface area contributed by atoms with Crippen molar-refractivity contribution in [1.29, 1.82) is 0 Å². The molecule has 0 aliphatic carbocycles. The molecule has 0 N–H and O–H groups in total. The van der Waals surface area contributed by atoms with E-state index < -0.39 is 0 Å². The minimum absolute atomic E-state index is 0.0760. The molecule has 0 saturated heterocycles. The number of carbonyl (C=O) groups is 1. The molecule has 0 aliphatic rings. The summed E-state index contributed by atoms with van der Waals surface area (Å²) >= 11 is 13.3. The first-order valence-electron chi connectivity index (χ1n) is 11.1. The van der Waals surface area contributed by atoms with Crippen LogP contribution in [0.4, 0.5) is 0 Å². The molecular weight excluding hydrogens is 501 g/mol. The van der Waals surface area contributed by atoms with Crippen LogP contribution in [-0.2, 0) is 12.0 Å². The van der Waals surface area contributed by atoms with E-state index in [0.29, 0.717) is 26.6 Å². The van der Waals surface area contributed by atoms with Crippen LogP contribution in [0.15, 0.2) is 78.0 Å². The topological polar surface area (TPSA) is 57.0 Å². The second-order valence-electron chi connectivity index (χ2n) is 8.97. The number of para-hydroxylation sites is 1. The fourth-order valence-electron chi connectivity index (χ4n) is 3.41. The molecule has 4 aromatic rings. The Labute approximate surface area is 219 Å². The third-order valence-electron chi connectivity index (χ3n) is 5.38. The summed E-state index contributed by atoms with van der Waals surface area (Å²) in [6.07, 6.45) is 0. The molecule has 0 amide bonds. The number of thioether (sulfide) groups is 1. The van der Waals surface area contributed by atoms with E-state index in [1.165, 1.54) is 17.3 Å². The number of ketones is 1. The molecule has 8 heteroatoms. The number of Topliss-reactive ketones (excluding diaryl/α,β-unsaturated/α-hetero) is 1. The van der Waals surface area contributed by atoms with Crippen molar-refractivity contribution in [3.63, 3.8) is 0 Å². The van der Waals surface area contributed by atoms with Gasteiger partial charge in [0.1, 0.15) is 12.4 Å². The van der Waals surface area contributed by atoms with Gasteiger partial charge in [-0.1, -0.05) is 86.1 Å². The van der Waals surface area contributed by atoms with E-state index in [2.05, 4.69) is 43.1 Å². The van der Waals surface area contributed by atoms with Crippen LogP contribution >= 0.6 is 35.0 Å². The van der Waals surface area contributed by atoms with E-state index in [-0.39, 0.29) is 23.6 Å². The predicted molar refractivity (Wildman–Crippen MR) is 142 cm³/mol. The number of ether oxygens (including phenoxy) is 1. The normalized spacial score (nSPS) is 11.5. The van der Waals surface area contributed by atoms with Crippen molar-refractivity contribution < 1.29 is 9.53 Å². The quantitative estimate of drug-likeness (QED) is 0.177. The Bertz CT molecular complexity index is 1320. The van der Waals surface area contributed by atoms with Gasteiger partial charge in [-0.3, -0.25) is 9.36 Å². The zero-order chi connectivity index (χ0) is 25.0. The largest absolute Gasteiger partial charge is 0.486 e. The number of halogens is 2. The van der Waals surface area contributed by atoms with E-state index in [9.17, 15) is 4.79 Å². The summed E-state index contributed by atoms with van der Waals surface area (Å²) in [7, 11) is 0. The van der Waals surface area contributed by atoms with Gasteiger partial charge in [-0.25, -0.2) is 0 Å². The maximum Gasteiger partial charge on any atom is 0.196 e. The third kappa shape index (κ3) is 6.26. The van der Waals surface area contributed by atoms with Gasteiger partial charge in [0.05, 0.1) is 15.8 Å². The number of benzene rings is 3. The predicted octanol–water partition coefficient (Wildman–Crippen LogP) is 7.43. The fourth-order valence-corrected chi connectivity index (χ4v) is 4.57. The summed E-state index contributed by atoms with van der Waals surface area (Å²) in [4.78, 5) is 12.7. The van der Waals surface area contributed by atoms with Crippen molar-refractivity contribution in [1.82, 2.24) is 14.8 Å². The smallest absolute Gasteiger partial charge is 0.196 e. The summed E-state index contributed by atoms with van der Waals surface area (Å²) in [5.74, 6) is 1.50. The van der Waals surface area contributed by atoms with E-state index in [0.717, 1.165) is 11.4 Å². The average molecular weight is 526 g/mol. The minimum Gasteiger partial charge on any atom is -0.486 e. The zero-order valence-corrected chi connectivity index (χ0v) is 22.0. The van der Waals surface area contributed by atoms with E-state index in [1.54, 1.807) is 18.2 Å².